The van der Waals surface area contributed by atoms with Crippen LogP contribution in [0.25, 0.3) is 0 Å². The summed E-state index contributed by atoms with van der Waals surface area (Å²) in [7, 11) is 0. The number of thioether (sulfide) groups is 1. The van der Waals surface area contributed by atoms with Crippen molar-refractivity contribution >= 4 is 38.6 Å². The van der Waals surface area contributed by atoms with Gasteiger partial charge in [0.15, 0.2) is 5.17 Å². The minimum absolute atomic E-state index is 0.122. The number of amidine groups is 1. The minimum Gasteiger partial charge on any atom is -0.378 e. The Hall–Kier alpha value is -0.890. The number of halogens is 1. The van der Waals surface area contributed by atoms with Gasteiger partial charge in [0.2, 0.25) is 0 Å². The van der Waals surface area contributed by atoms with E-state index in [4.69, 9.17) is 10.5 Å². The van der Waals surface area contributed by atoms with E-state index < -0.39 is 0 Å². The summed E-state index contributed by atoms with van der Waals surface area (Å²) in [5.74, 6) is 0. The smallest absolute Gasteiger partial charge is 0.186 e. The third-order valence-electron chi connectivity index (χ3n) is 3.80. The summed E-state index contributed by atoms with van der Waals surface area (Å²) >= 11 is 5.25. The van der Waals surface area contributed by atoms with E-state index in [1.54, 1.807) is 11.8 Å². The Bertz CT molecular complexity index is 597. The van der Waals surface area contributed by atoms with Crippen LogP contribution in [0.1, 0.15) is 18.9 Å². The van der Waals surface area contributed by atoms with Gasteiger partial charge in [0.25, 0.3) is 0 Å². The monoisotopic (exact) mass is 396 g/mol. The average Bonchev–Trinajstić information content (AvgIpc) is 2.56. The van der Waals surface area contributed by atoms with Crippen LogP contribution in [0.3, 0.4) is 0 Å². The molecule has 1 aromatic carbocycles. The van der Waals surface area contributed by atoms with Crippen molar-refractivity contribution in [2.75, 3.05) is 26.3 Å². The molecule has 2 unspecified atom stereocenters. The molecule has 124 valence electrons. The molecule has 0 aromatic heterocycles. The molecule has 1 fully saturated rings. The van der Waals surface area contributed by atoms with Crippen molar-refractivity contribution in [2.24, 2.45) is 15.9 Å². The number of nitrogens with zero attached hydrogens (tertiary/aromatic N) is 3. The Labute approximate surface area is 149 Å². The minimum atomic E-state index is 0.122. The maximum Gasteiger partial charge on any atom is 0.186 e. The van der Waals surface area contributed by atoms with Crippen LogP contribution in [0.15, 0.2) is 38.9 Å². The van der Waals surface area contributed by atoms with Crippen molar-refractivity contribution in [3.8, 4) is 0 Å². The molecule has 2 N–H and O–H groups in total. The van der Waals surface area contributed by atoms with Gasteiger partial charge >= 0.3 is 0 Å². The van der Waals surface area contributed by atoms with Crippen LogP contribution in [-0.4, -0.2) is 53.4 Å². The van der Waals surface area contributed by atoms with Crippen LogP contribution in [0.5, 0.6) is 0 Å². The number of hydrogen-bond acceptors (Lipinski definition) is 6. The molecule has 5 nitrogen and oxygen atoms in total. The fraction of sp³-hybridized carbons (Fsp3) is 0.500. The van der Waals surface area contributed by atoms with Crippen molar-refractivity contribution in [3.63, 3.8) is 0 Å². The molecule has 2 atom stereocenters. The van der Waals surface area contributed by atoms with E-state index in [-0.39, 0.29) is 11.3 Å². The van der Waals surface area contributed by atoms with E-state index in [1.807, 2.05) is 19.1 Å². The van der Waals surface area contributed by atoms with E-state index in [2.05, 4.69) is 43.2 Å². The first-order chi connectivity index (χ1) is 11.1. The van der Waals surface area contributed by atoms with E-state index in [0.29, 0.717) is 0 Å². The normalized spacial score (nSPS) is 23.3. The van der Waals surface area contributed by atoms with Crippen LogP contribution in [0, 0.1) is 0 Å². The summed E-state index contributed by atoms with van der Waals surface area (Å²) in [6.07, 6.45) is 0.878. The summed E-state index contributed by atoms with van der Waals surface area (Å²) in [5.41, 5.74) is 8.18. The second kappa shape index (κ2) is 7.79. The average molecular weight is 397 g/mol. The molecule has 0 radical (unpaired) electrons. The Morgan fingerprint density at radius 2 is 2.00 bits per heavy atom. The fourth-order valence-electron chi connectivity index (χ4n) is 2.62. The van der Waals surface area contributed by atoms with Crippen LogP contribution >= 0.6 is 27.7 Å². The van der Waals surface area contributed by atoms with Crippen molar-refractivity contribution in [1.29, 1.82) is 0 Å². The zero-order chi connectivity index (χ0) is 16.2. The van der Waals surface area contributed by atoms with Gasteiger partial charge in [-0.25, -0.2) is 0 Å². The molecule has 0 amide bonds. The molecule has 23 heavy (non-hydrogen) atoms. The van der Waals surface area contributed by atoms with Crippen molar-refractivity contribution in [3.05, 3.63) is 34.3 Å². The largest absolute Gasteiger partial charge is 0.378 e. The highest BCUT2D eigenvalue weighted by Gasteiger charge is 2.29. The molecule has 0 bridgehead atoms. The third-order valence-corrected chi connectivity index (χ3v) is 5.58. The van der Waals surface area contributed by atoms with E-state index in [9.17, 15) is 0 Å². The van der Waals surface area contributed by atoms with Crippen LogP contribution in [0.4, 0.5) is 0 Å². The number of rotatable bonds is 3. The first-order valence-electron chi connectivity index (χ1n) is 7.80. The van der Waals surface area contributed by atoms with Gasteiger partial charge in [-0.05, 0) is 31.0 Å². The summed E-state index contributed by atoms with van der Waals surface area (Å²) in [6, 6.07) is 8.34. The van der Waals surface area contributed by atoms with E-state index >= 15 is 0 Å². The van der Waals surface area contributed by atoms with Gasteiger partial charge in [0, 0.05) is 23.6 Å². The highest BCUT2D eigenvalue weighted by Crippen LogP contribution is 2.29. The predicted molar refractivity (Wildman–Crippen MR) is 100 cm³/mol. The summed E-state index contributed by atoms with van der Waals surface area (Å²) in [5, 5.41) is 10.2. The van der Waals surface area contributed by atoms with Crippen LogP contribution < -0.4 is 5.73 Å². The van der Waals surface area contributed by atoms with Crippen LogP contribution in [0.2, 0.25) is 0 Å². The topological polar surface area (TPSA) is 63.2 Å². The van der Waals surface area contributed by atoms with Gasteiger partial charge in [0.1, 0.15) is 0 Å². The first kappa shape index (κ1) is 17.0. The van der Waals surface area contributed by atoms with Crippen molar-refractivity contribution in [2.45, 2.75) is 24.6 Å². The molecular formula is C16H21BrN4OS. The highest BCUT2D eigenvalue weighted by molar-refractivity contribution is 9.10. The zero-order valence-corrected chi connectivity index (χ0v) is 15.5. The Morgan fingerprint density at radius 1 is 1.30 bits per heavy atom. The van der Waals surface area contributed by atoms with E-state index in [0.717, 1.165) is 53.6 Å². The number of morpholine rings is 1. The molecule has 0 saturated carbocycles. The molecular weight excluding hydrogens is 376 g/mol. The number of benzene rings is 1. The van der Waals surface area contributed by atoms with Gasteiger partial charge in [-0.2, -0.15) is 5.10 Å². The third kappa shape index (κ3) is 4.35. The summed E-state index contributed by atoms with van der Waals surface area (Å²) in [4.78, 5) is 2.25. The molecule has 2 aliphatic rings. The first-order valence-corrected chi connectivity index (χ1v) is 9.47. The second-order valence-corrected chi connectivity index (χ2v) is 7.88. The standard InChI is InChI=1S/C16H21BrN4OS/c1-11(18)10-14-15(12-2-4-13(17)5-3-12)19-20-16(23-14)21-6-8-22-9-7-21/h2-5,11,14H,6-10,18H2,1H3. The molecule has 1 saturated heterocycles. The molecule has 2 aliphatic heterocycles. The molecule has 7 heteroatoms. The van der Waals surface area contributed by atoms with Gasteiger partial charge in [0.05, 0.1) is 24.2 Å². The Kier molecular flexibility index (Phi) is 5.74. The SMILES string of the molecule is CC(N)CC1SC(N2CCOCC2)=NN=C1c1ccc(Br)cc1. The lowest BCUT2D eigenvalue weighted by Crippen LogP contribution is -2.42. The zero-order valence-electron chi connectivity index (χ0n) is 13.1. The van der Waals surface area contributed by atoms with Crippen LogP contribution in [-0.2, 0) is 4.74 Å². The molecule has 1 aromatic rings. The Balaban J connectivity index is 1.85. The lowest BCUT2D eigenvalue weighted by atomic mass is 10.0. The Morgan fingerprint density at radius 3 is 2.65 bits per heavy atom. The fourth-order valence-corrected chi connectivity index (χ4v) is 4.25. The predicted octanol–water partition coefficient (Wildman–Crippen LogP) is 2.69. The molecule has 0 spiro atoms. The summed E-state index contributed by atoms with van der Waals surface area (Å²) in [6.45, 7) is 5.29. The van der Waals surface area contributed by atoms with Gasteiger partial charge < -0.3 is 15.4 Å². The quantitative estimate of drug-likeness (QED) is 0.852. The summed E-state index contributed by atoms with van der Waals surface area (Å²) < 4.78 is 6.48. The molecule has 2 heterocycles. The van der Waals surface area contributed by atoms with Gasteiger partial charge in [-0.15, -0.1) is 5.10 Å². The number of hydrogen-bond donors (Lipinski definition) is 1. The molecule has 3 rings (SSSR count). The van der Waals surface area contributed by atoms with E-state index in [1.165, 1.54) is 0 Å². The van der Waals surface area contributed by atoms with Gasteiger partial charge in [-0.1, -0.05) is 39.8 Å². The second-order valence-electron chi connectivity index (χ2n) is 5.79. The maximum absolute atomic E-state index is 6.06. The number of nitrogens with two attached hydrogens (primary N) is 1. The maximum atomic E-state index is 6.06. The number of ether oxygens (including phenoxy) is 1. The van der Waals surface area contributed by atoms with Gasteiger partial charge in [-0.3, -0.25) is 0 Å². The van der Waals surface area contributed by atoms with Crippen molar-refractivity contribution in [1.82, 2.24) is 4.90 Å². The highest BCUT2D eigenvalue weighted by atomic mass is 79.9. The van der Waals surface area contributed by atoms with Crippen molar-refractivity contribution < 1.29 is 4.74 Å². The lowest BCUT2D eigenvalue weighted by molar-refractivity contribution is 0.0692. The molecule has 0 aliphatic carbocycles. The lowest BCUT2D eigenvalue weighted by Gasteiger charge is -2.32.